The van der Waals surface area contributed by atoms with Crippen molar-refractivity contribution < 1.29 is 4.79 Å². The molecule has 0 spiro atoms. The van der Waals surface area contributed by atoms with Crippen LogP contribution in [0.4, 0.5) is 0 Å². The second kappa shape index (κ2) is 2.75. The molecule has 80 valence electrons. The Morgan fingerprint density at radius 1 is 0.867 bits per heavy atom. The standard InChI is InChI=1S/C14H18O/c15-14-11-4-3-10(7-11)13(14)12-6-8-1-2-9(12)5-8/h8-11H,1-7H2. The van der Waals surface area contributed by atoms with Gasteiger partial charge in [-0.05, 0) is 68.3 Å². The van der Waals surface area contributed by atoms with Crippen LogP contribution >= 0.6 is 0 Å². The molecule has 0 aromatic carbocycles. The molecule has 4 bridgehead atoms. The average molecular weight is 202 g/mol. The van der Waals surface area contributed by atoms with E-state index in [9.17, 15) is 4.79 Å². The molecule has 1 heteroatoms. The van der Waals surface area contributed by atoms with Crippen molar-refractivity contribution in [3.63, 3.8) is 0 Å². The van der Waals surface area contributed by atoms with E-state index in [0.29, 0.717) is 17.6 Å². The van der Waals surface area contributed by atoms with Crippen molar-refractivity contribution in [1.29, 1.82) is 0 Å². The van der Waals surface area contributed by atoms with E-state index < -0.39 is 0 Å². The zero-order valence-electron chi connectivity index (χ0n) is 9.17. The smallest absolute Gasteiger partial charge is 0.162 e. The molecule has 4 aliphatic carbocycles. The molecule has 0 amide bonds. The highest BCUT2D eigenvalue weighted by molar-refractivity contribution is 6.01. The molecule has 15 heavy (non-hydrogen) atoms. The van der Waals surface area contributed by atoms with Gasteiger partial charge in [-0.15, -0.1) is 0 Å². The molecule has 0 aromatic rings. The minimum absolute atomic E-state index is 0.441. The number of ketones is 1. The van der Waals surface area contributed by atoms with Crippen molar-refractivity contribution in [3.8, 4) is 0 Å². The summed E-state index contributed by atoms with van der Waals surface area (Å²) in [6.45, 7) is 0. The summed E-state index contributed by atoms with van der Waals surface area (Å²) in [5.41, 5.74) is 2.97. The molecule has 4 unspecified atom stereocenters. The van der Waals surface area contributed by atoms with E-state index in [4.69, 9.17) is 0 Å². The van der Waals surface area contributed by atoms with Crippen LogP contribution in [0.25, 0.3) is 0 Å². The number of hydrogen-bond donors (Lipinski definition) is 0. The number of fused-ring (bicyclic) bond motifs is 4. The molecule has 0 saturated heterocycles. The van der Waals surface area contributed by atoms with Gasteiger partial charge in [-0.3, -0.25) is 4.79 Å². The Morgan fingerprint density at radius 3 is 2.27 bits per heavy atom. The van der Waals surface area contributed by atoms with Crippen LogP contribution in [0.1, 0.15) is 44.9 Å². The van der Waals surface area contributed by atoms with Gasteiger partial charge >= 0.3 is 0 Å². The maximum atomic E-state index is 12.2. The van der Waals surface area contributed by atoms with Gasteiger partial charge in [-0.2, -0.15) is 0 Å². The lowest BCUT2D eigenvalue weighted by Gasteiger charge is -2.21. The molecule has 4 aliphatic rings. The third kappa shape index (κ3) is 1.02. The molecular weight excluding hydrogens is 184 g/mol. The fourth-order valence-electron chi connectivity index (χ4n) is 4.71. The van der Waals surface area contributed by atoms with E-state index in [2.05, 4.69) is 0 Å². The second-order valence-corrected chi connectivity index (χ2v) is 6.09. The van der Waals surface area contributed by atoms with Crippen molar-refractivity contribution in [2.24, 2.45) is 23.7 Å². The van der Waals surface area contributed by atoms with Gasteiger partial charge in [0.15, 0.2) is 5.78 Å². The molecule has 0 radical (unpaired) electrons. The van der Waals surface area contributed by atoms with E-state index in [1.54, 1.807) is 5.57 Å². The Balaban J connectivity index is 1.77. The predicted molar refractivity (Wildman–Crippen MR) is 58.3 cm³/mol. The fraction of sp³-hybridized carbons (Fsp3) is 0.786. The number of allylic oxidation sites excluding steroid dienone is 2. The van der Waals surface area contributed by atoms with Crippen LogP contribution in [0.15, 0.2) is 11.1 Å². The monoisotopic (exact) mass is 202 g/mol. The second-order valence-electron chi connectivity index (χ2n) is 6.09. The summed E-state index contributed by atoms with van der Waals surface area (Å²) < 4.78 is 0. The summed E-state index contributed by atoms with van der Waals surface area (Å²) in [7, 11) is 0. The molecule has 0 aliphatic heterocycles. The number of hydrogen-bond acceptors (Lipinski definition) is 1. The Hall–Kier alpha value is -0.590. The molecule has 1 nitrogen and oxygen atoms in total. The lowest BCUT2D eigenvalue weighted by atomic mass is 9.83. The van der Waals surface area contributed by atoms with E-state index in [1.807, 2.05) is 0 Å². The van der Waals surface area contributed by atoms with Gasteiger partial charge < -0.3 is 0 Å². The normalized spacial score (nSPS) is 52.1. The van der Waals surface area contributed by atoms with Gasteiger partial charge in [-0.1, -0.05) is 5.57 Å². The molecule has 4 saturated carbocycles. The maximum Gasteiger partial charge on any atom is 0.162 e. The quantitative estimate of drug-likeness (QED) is 0.552. The zero-order chi connectivity index (χ0) is 9.99. The highest BCUT2D eigenvalue weighted by Crippen LogP contribution is 2.55. The van der Waals surface area contributed by atoms with Crippen LogP contribution < -0.4 is 0 Å². The van der Waals surface area contributed by atoms with Gasteiger partial charge in [-0.25, -0.2) is 0 Å². The molecule has 0 N–H and O–H groups in total. The highest BCUT2D eigenvalue weighted by Gasteiger charge is 2.47. The van der Waals surface area contributed by atoms with Gasteiger partial charge in [0.2, 0.25) is 0 Å². The van der Waals surface area contributed by atoms with E-state index in [-0.39, 0.29) is 0 Å². The van der Waals surface area contributed by atoms with Crippen molar-refractivity contribution in [3.05, 3.63) is 11.1 Å². The number of carbonyl (C=O) groups is 1. The first-order chi connectivity index (χ1) is 7.33. The predicted octanol–water partition coefficient (Wildman–Crippen LogP) is 3.10. The summed E-state index contributed by atoms with van der Waals surface area (Å²) >= 11 is 0. The Labute approximate surface area is 90.9 Å². The highest BCUT2D eigenvalue weighted by atomic mass is 16.1. The number of rotatable bonds is 0. The summed E-state index contributed by atoms with van der Waals surface area (Å²) in [4.78, 5) is 12.2. The first-order valence-corrected chi connectivity index (χ1v) is 6.60. The SMILES string of the molecule is O=C1C(=C2CC3CCC2C3)C2CCC1C2. The van der Waals surface area contributed by atoms with E-state index >= 15 is 0 Å². The molecule has 4 atom stereocenters. The summed E-state index contributed by atoms with van der Waals surface area (Å²) in [5.74, 6) is 3.47. The fourth-order valence-corrected chi connectivity index (χ4v) is 4.71. The zero-order valence-corrected chi connectivity index (χ0v) is 9.17. The summed E-state index contributed by atoms with van der Waals surface area (Å²) in [5, 5.41) is 0. The molecular formula is C14H18O. The van der Waals surface area contributed by atoms with E-state index in [1.165, 1.54) is 50.5 Å². The van der Waals surface area contributed by atoms with Gasteiger partial charge in [0.05, 0.1) is 0 Å². The van der Waals surface area contributed by atoms with Gasteiger partial charge in [0.1, 0.15) is 0 Å². The van der Waals surface area contributed by atoms with Crippen LogP contribution in [-0.2, 0) is 4.79 Å². The van der Waals surface area contributed by atoms with Crippen molar-refractivity contribution in [1.82, 2.24) is 0 Å². The largest absolute Gasteiger partial charge is 0.294 e. The van der Waals surface area contributed by atoms with Crippen LogP contribution in [-0.4, -0.2) is 5.78 Å². The minimum atomic E-state index is 0.441. The van der Waals surface area contributed by atoms with Crippen molar-refractivity contribution in [2.45, 2.75) is 44.9 Å². The number of Topliss-reactive ketones (excluding diaryl/α,β-unsaturated/α-hetero) is 1. The van der Waals surface area contributed by atoms with Crippen molar-refractivity contribution >= 4 is 5.78 Å². The first-order valence-electron chi connectivity index (χ1n) is 6.60. The Bertz CT molecular complexity index is 366. The third-order valence-corrected chi connectivity index (χ3v) is 5.37. The molecule has 0 heterocycles. The first kappa shape index (κ1) is 8.55. The lowest BCUT2D eigenvalue weighted by molar-refractivity contribution is -0.118. The van der Waals surface area contributed by atoms with E-state index in [0.717, 1.165) is 11.8 Å². The molecule has 0 aromatic heterocycles. The topological polar surface area (TPSA) is 17.1 Å². The Morgan fingerprint density at radius 2 is 1.67 bits per heavy atom. The maximum absolute atomic E-state index is 12.2. The average Bonchev–Trinajstić information content (AvgIpc) is 2.96. The van der Waals surface area contributed by atoms with Crippen LogP contribution in [0.2, 0.25) is 0 Å². The van der Waals surface area contributed by atoms with Crippen molar-refractivity contribution in [2.75, 3.05) is 0 Å². The minimum Gasteiger partial charge on any atom is -0.294 e. The summed E-state index contributed by atoms with van der Waals surface area (Å²) in [6.07, 6.45) is 9.21. The van der Waals surface area contributed by atoms with Crippen LogP contribution in [0.5, 0.6) is 0 Å². The number of carbonyl (C=O) groups excluding carboxylic acids is 1. The van der Waals surface area contributed by atoms with Crippen LogP contribution in [0.3, 0.4) is 0 Å². The Kier molecular flexibility index (Phi) is 1.57. The van der Waals surface area contributed by atoms with Crippen LogP contribution in [0, 0.1) is 23.7 Å². The summed E-state index contributed by atoms with van der Waals surface area (Å²) in [6, 6.07) is 0. The lowest BCUT2D eigenvalue weighted by Crippen LogP contribution is -2.16. The van der Waals surface area contributed by atoms with Gasteiger partial charge in [0, 0.05) is 5.92 Å². The molecule has 4 fully saturated rings. The molecule has 4 rings (SSSR count). The third-order valence-electron chi connectivity index (χ3n) is 5.37. The van der Waals surface area contributed by atoms with Gasteiger partial charge in [0.25, 0.3) is 0 Å².